The number of carboxylic acids is 1. The maximum absolute atomic E-state index is 13.3. The van der Waals surface area contributed by atoms with Gasteiger partial charge in [0.25, 0.3) is 0 Å². The van der Waals surface area contributed by atoms with E-state index in [0.29, 0.717) is 0 Å². The highest BCUT2D eigenvalue weighted by Crippen LogP contribution is 2.21. The van der Waals surface area contributed by atoms with Crippen molar-refractivity contribution in [2.75, 3.05) is 16.6 Å². The molecular formula is C11H14FNO4S. The molecule has 0 unspecified atom stereocenters. The van der Waals surface area contributed by atoms with Crippen LogP contribution >= 0.6 is 0 Å². The van der Waals surface area contributed by atoms with Gasteiger partial charge in [0, 0.05) is 6.54 Å². The zero-order valence-electron chi connectivity index (χ0n) is 10.1. The molecule has 0 saturated carbocycles. The van der Waals surface area contributed by atoms with Gasteiger partial charge in [0.15, 0.2) is 0 Å². The van der Waals surface area contributed by atoms with Crippen LogP contribution in [0.25, 0.3) is 0 Å². The molecule has 0 radical (unpaired) electrons. The normalized spacial score (nSPS) is 11.3. The van der Waals surface area contributed by atoms with Crippen LogP contribution < -0.4 is 4.31 Å². The Morgan fingerprint density at radius 3 is 2.39 bits per heavy atom. The van der Waals surface area contributed by atoms with Gasteiger partial charge < -0.3 is 5.11 Å². The van der Waals surface area contributed by atoms with E-state index in [9.17, 15) is 17.6 Å². The number of nitrogens with zero attached hydrogens (tertiary/aromatic N) is 1. The Morgan fingerprint density at radius 1 is 1.33 bits per heavy atom. The van der Waals surface area contributed by atoms with Crippen LogP contribution in [0.4, 0.5) is 10.1 Å². The second kappa shape index (κ2) is 5.34. The lowest BCUT2D eigenvalue weighted by Crippen LogP contribution is -2.32. The van der Waals surface area contributed by atoms with Crippen LogP contribution in [0.5, 0.6) is 0 Å². The fraction of sp³-hybridized carbons (Fsp3) is 0.364. The lowest BCUT2D eigenvalue weighted by atomic mass is 10.2. The number of carbonyl (C=O) groups is 1. The van der Waals surface area contributed by atoms with Crippen LogP contribution in [0, 0.1) is 5.82 Å². The van der Waals surface area contributed by atoms with Crippen molar-refractivity contribution in [1.82, 2.24) is 0 Å². The van der Waals surface area contributed by atoms with E-state index in [4.69, 9.17) is 5.11 Å². The molecule has 0 spiro atoms. The van der Waals surface area contributed by atoms with Crippen molar-refractivity contribution in [1.29, 1.82) is 0 Å². The molecule has 1 aromatic rings. The Balaban J connectivity index is 3.35. The van der Waals surface area contributed by atoms with Gasteiger partial charge in [-0.15, -0.1) is 0 Å². The van der Waals surface area contributed by atoms with Crippen LogP contribution in [-0.4, -0.2) is 31.8 Å². The van der Waals surface area contributed by atoms with Gasteiger partial charge in [0.1, 0.15) is 5.82 Å². The number of rotatable bonds is 5. The predicted molar refractivity (Wildman–Crippen MR) is 65.8 cm³/mol. The lowest BCUT2D eigenvalue weighted by molar-refractivity contribution is 0.0696. The summed E-state index contributed by atoms with van der Waals surface area (Å²) >= 11 is 0. The highest BCUT2D eigenvalue weighted by molar-refractivity contribution is 7.92. The van der Waals surface area contributed by atoms with Crippen LogP contribution in [0.1, 0.15) is 24.2 Å². The van der Waals surface area contributed by atoms with Gasteiger partial charge >= 0.3 is 5.97 Å². The second-order valence-electron chi connectivity index (χ2n) is 3.57. The summed E-state index contributed by atoms with van der Waals surface area (Å²) in [5.74, 6) is -2.23. The molecule has 0 amide bonds. The Morgan fingerprint density at radius 2 is 1.94 bits per heavy atom. The number of hydrogen-bond acceptors (Lipinski definition) is 3. The minimum Gasteiger partial charge on any atom is -0.478 e. The van der Waals surface area contributed by atoms with E-state index in [2.05, 4.69) is 0 Å². The molecule has 0 fully saturated rings. The summed E-state index contributed by atoms with van der Waals surface area (Å²) in [5, 5.41) is 8.81. The maximum Gasteiger partial charge on any atom is 0.335 e. The molecular weight excluding hydrogens is 261 g/mol. The Bertz CT molecular complexity index is 556. The molecule has 0 aliphatic rings. The molecule has 1 N–H and O–H groups in total. The summed E-state index contributed by atoms with van der Waals surface area (Å²) in [6.07, 6.45) is 0. The summed E-state index contributed by atoms with van der Waals surface area (Å²) < 4.78 is 37.8. The zero-order valence-corrected chi connectivity index (χ0v) is 10.9. The summed E-state index contributed by atoms with van der Waals surface area (Å²) in [7, 11) is -3.55. The molecule has 0 heterocycles. The van der Waals surface area contributed by atoms with E-state index in [-0.39, 0.29) is 23.5 Å². The number of hydrogen-bond donors (Lipinski definition) is 1. The number of sulfonamides is 1. The molecule has 1 rings (SSSR count). The zero-order chi connectivity index (χ0) is 13.9. The van der Waals surface area contributed by atoms with Gasteiger partial charge in [-0.25, -0.2) is 17.6 Å². The summed E-state index contributed by atoms with van der Waals surface area (Å²) in [5.41, 5.74) is -0.258. The molecule has 0 atom stereocenters. The summed E-state index contributed by atoms with van der Waals surface area (Å²) in [6.45, 7) is 3.17. The number of halogens is 1. The van der Waals surface area contributed by atoms with E-state index in [1.54, 1.807) is 6.92 Å². The van der Waals surface area contributed by atoms with Crippen LogP contribution in [0.15, 0.2) is 18.2 Å². The monoisotopic (exact) mass is 275 g/mol. The first kappa shape index (κ1) is 14.4. The number of aromatic carboxylic acids is 1. The van der Waals surface area contributed by atoms with Gasteiger partial charge in [0.05, 0.1) is 17.0 Å². The van der Waals surface area contributed by atoms with Crippen LogP contribution in [0.3, 0.4) is 0 Å². The average molecular weight is 275 g/mol. The SMILES string of the molecule is CCN(c1cc(F)cc(C(=O)O)c1)S(=O)(=O)CC. The van der Waals surface area contributed by atoms with Crippen molar-refractivity contribution in [3.63, 3.8) is 0 Å². The van der Waals surface area contributed by atoms with E-state index in [0.717, 1.165) is 22.5 Å². The van der Waals surface area contributed by atoms with Crippen molar-refractivity contribution >= 4 is 21.7 Å². The van der Waals surface area contributed by atoms with Crippen LogP contribution in [-0.2, 0) is 10.0 Å². The van der Waals surface area contributed by atoms with Crippen molar-refractivity contribution in [3.05, 3.63) is 29.6 Å². The standard InChI is InChI=1S/C11H14FNO4S/c1-3-13(18(16,17)4-2)10-6-8(11(14)15)5-9(12)7-10/h5-7H,3-4H2,1-2H3,(H,14,15). The molecule has 5 nitrogen and oxygen atoms in total. The molecule has 0 bridgehead atoms. The van der Waals surface area contributed by atoms with Gasteiger partial charge in [-0.2, -0.15) is 0 Å². The maximum atomic E-state index is 13.3. The summed E-state index contributed by atoms with van der Waals surface area (Å²) in [6, 6.07) is 2.99. The largest absolute Gasteiger partial charge is 0.478 e. The molecule has 0 saturated heterocycles. The van der Waals surface area contributed by atoms with E-state index in [1.165, 1.54) is 6.92 Å². The van der Waals surface area contributed by atoms with Gasteiger partial charge in [-0.3, -0.25) is 4.31 Å². The molecule has 0 aromatic heterocycles. The Hall–Kier alpha value is -1.63. The fourth-order valence-electron chi connectivity index (χ4n) is 1.54. The molecule has 1 aromatic carbocycles. The molecule has 0 aliphatic carbocycles. The Kier molecular flexibility index (Phi) is 4.28. The first-order valence-electron chi connectivity index (χ1n) is 5.36. The molecule has 100 valence electrons. The third-order valence-electron chi connectivity index (χ3n) is 2.41. The number of anilines is 1. The first-order chi connectivity index (χ1) is 8.31. The van der Waals surface area contributed by atoms with Crippen molar-refractivity contribution in [3.8, 4) is 0 Å². The lowest BCUT2D eigenvalue weighted by Gasteiger charge is -2.22. The molecule has 7 heteroatoms. The minimum absolute atomic E-state index is 0.0248. The topological polar surface area (TPSA) is 74.7 Å². The fourth-order valence-corrected chi connectivity index (χ4v) is 2.67. The van der Waals surface area contributed by atoms with Gasteiger partial charge in [-0.1, -0.05) is 0 Å². The Labute approximate surface area is 105 Å². The van der Waals surface area contributed by atoms with E-state index in [1.807, 2.05) is 0 Å². The highest BCUT2D eigenvalue weighted by Gasteiger charge is 2.20. The van der Waals surface area contributed by atoms with Crippen molar-refractivity contribution in [2.24, 2.45) is 0 Å². The second-order valence-corrected chi connectivity index (χ2v) is 5.75. The predicted octanol–water partition coefficient (Wildman–Crippen LogP) is 1.70. The van der Waals surface area contributed by atoms with Crippen molar-refractivity contribution in [2.45, 2.75) is 13.8 Å². The minimum atomic E-state index is -3.55. The molecule has 0 aliphatic heterocycles. The smallest absolute Gasteiger partial charge is 0.335 e. The quantitative estimate of drug-likeness (QED) is 0.887. The van der Waals surface area contributed by atoms with Gasteiger partial charge in [-0.05, 0) is 32.0 Å². The van der Waals surface area contributed by atoms with Gasteiger partial charge in [0.2, 0.25) is 10.0 Å². The number of benzene rings is 1. The summed E-state index contributed by atoms with van der Waals surface area (Å²) in [4.78, 5) is 10.8. The van der Waals surface area contributed by atoms with Crippen molar-refractivity contribution < 1.29 is 22.7 Å². The van der Waals surface area contributed by atoms with Crippen LogP contribution in [0.2, 0.25) is 0 Å². The molecule has 18 heavy (non-hydrogen) atoms. The number of carboxylic acid groups (broad SMARTS) is 1. The third kappa shape index (κ3) is 2.98. The highest BCUT2D eigenvalue weighted by atomic mass is 32.2. The first-order valence-corrected chi connectivity index (χ1v) is 6.97. The van der Waals surface area contributed by atoms with E-state index >= 15 is 0 Å². The van der Waals surface area contributed by atoms with E-state index < -0.39 is 21.8 Å². The average Bonchev–Trinajstić information content (AvgIpc) is 2.28. The third-order valence-corrected chi connectivity index (χ3v) is 4.28.